The van der Waals surface area contributed by atoms with Crippen LogP contribution >= 0.6 is 0 Å². The van der Waals surface area contributed by atoms with Crippen LogP contribution in [0.4, 0.5) is 0 Å². The van der Waals surface area contributed by atoms with Crippen LogP contribution in [0, 0.1) is 6.55 Å². The monoisotopic (exact) mass is 165 g/mol. The Hall–Kier alpha value is 0.734. The summed E-state index contributed by atoms with van der Waals surface area (Å²) < 4.78 is 7.73. The van der Waals surface area contributed by atoms with Crippen LogP contribution in [0.15, 0.2) is 0 Å². The molecule has 1 aliphatic rings. The average Bonchev–Trinajstić information content (AvgIpc) is 1.88. The Morgan fingerprint density at radius 1 is 1.27 bits per heavy atom. The van der Waals surface area contributed by atoms with Crippen LogP contribution in [0.1, 0.15) is 0 Å². The van der Waals surface area contributed by atoms with Crippen molar-refractivity contribution in [3.63, 3.8) is 0 Å². The molecule has 0 aromatic carbocycles. The summed E-state index contributed by atoms with van der Waals surface area (Å²) in [5, 5.41) is 0. The summed E-state index contributed by atoms with van der Waals surface area (Å²) in [5.41, 5.74) is 0. The molecule has 0 N–H and O–H groups in total. The molecule has 0 aromatic rings. The zero-order chi connectivity index (χ0) is 7.61. The fourth-order valence-corrected chi connectivity index (χ4v) is 2.56. The van der Waals surface area contributed by atoms with E-state index in [1.165, 1.54) is 0 Å². The number of ether oxygens (including phenoxy) is 1. The SMILES string of the molecule is [CH2-][Si](C)(C)N1CCOCC1.[Li+]. The minimum Gasteiger partial charge on any atom is -0.379 e. The van der Waals surface area contributed by atoms with Crippen LogP contribution in [-0.2, 0) is 4.74 Å². The summed E-state index contributed by atoms with van der Waals surface area (Å²) in [6.07, 6.45) is 0. The normalized spacial score (nSPS) is 21.0. The van der Waals surface area contributed by atoms with Gasteiger partial charge in [-0.15, -0.1) is 0 Å². The summed E-state index contributed by atoms with van der Waals surface area (Å²) in [6.45, 7) is 12.7. The fraction of sp³-hybridized carbons (Fsp3) is 0.857. The van der Waals surface area contributed by atoms with Crippen molar-refractivity contribution in [2.75, 3.05) is 26.3 Å². The first-order valence-corrected chi connectivity index (χ1v) is 6.94. The van der Waals surface area contributed by atoms with Crippen LogP contribution in [-0.4, -0.2) is 39.1 Å². The van der Waals surface area contributed by atoms with Gasteiger partial charge in [0.25, 0.3) is 0 Å². The van der Waals surface area contributed by atoms with E-state index in [1.807, 2.05) is 0 Å². The van der Waals surface area contributed by atoms with E-state index in [-0.39, 0.29) is 18.9 Å². The number of hydrogen-bond donors (Lipinski definition) is 0. The van der Waals surface area contributed by atoms with Crippen LogP contribution in [0.2, 0.25) is 13.1 Å². The van der Waals surface area contributed by atoms with Gasteiger partial charge in [0.05, 0.1) is 13.2 Å². The van der Waals surface area contributed by atoms with E-state index in [0.717, 1.165) is 26.3 Å². The van der Waals surface area contributed by atoms with E-state index >= 15 is 0 Å². The predicted octanol–water partition coefficient (Wildman–Crippen LogP) is -2.10. The van der Waals surface area contributed by atoms with E-state index in [2.05, 4.69) is 24.2 Å². The first-order valence-electron chi connectivity index (χ1n) is 3.79. The molecule has 1 heterocycles. The zero-order valence-electron chi connectivity index (χ0n) is 7.89. The number of hydrogen-bond acceptors (Lipinski definition) is 2. The third-order valence-electron chi connectivity index (χ3n) is 1.87. The molecule has 0 spiro atoms. The number of morpholine rings is 1. The molecular weight excluding hydrogens is 149 g/mol. The van der Waals surface area contributed by atoms with Crippen LogP contribution in [0.5, 0.6) is 0 Å². The van der Waals surface area contributed by atoms with Gasteiger partial charge in [-0.2, -0.15) is 0 Å². The predicted molar refractivity (Wildman–Crippen MR) is 45.2 cm³/mol. The van der Waals surface area contributed by atoms with Gasteiger partial charge in [-0.05, 0) is 8.24 Å². The summed E-state index contributed by atoms with van der Waals surface area (Å²) in [4.78, 5) is 0. The van der Waals surface area contributed by atoms with Gasteiger partial charge in [0.1, 0.15) is 0 Å². The van der Waals surface area contributed by atoms with Gasteiger partial charge < -0.3 is 15.8 Å². The zero-order valence-corrected chi connectivity index (χ0v) is 8.89. The van der Waals surface area contributed by atoms with Gasteiger partial charge in [-0.1, -0.05) is 13.1 Å². The Labute approximate surface area is 82.6 Å². The van der Waals surface area contributed by atoms with Crippen molar-refractivity contribution >= 4 is 8.24 Å². The van der Waals surface area contributed by atoms with Gasteiger partial charge in [0.2, 0.25) is 0 Å². The van der Waals surface area contributed by atoms with Crippen molar-refractivity contribution in [2.24, 2.45) is 0 Å². The van der Waals surface area contributed by atoms with E-state index in [1.54, 1.807) is 0 Å². The van der Waals surface area contributed by atoms with Crippen LogP contribution < -0.4 is 18.9 Å². The molecule has 0 atom stereocenters. The van der Waals surface area contributed by atoms with Crippen molar-refractivity contribution in [3.8, 4) is 0 Å². The van der Waals surface area contributed by atoms with Crippen molar-refractivity contribution in [1.29, 1.82) is 0 Å². The molecule has 1 aliphatic heterocycles. The first-order chi connectivity index (χ1) is 4.61. The Morgan fingerprint density at radius 3 is 2.00 bits per heavy atom. The van der Waals surface area contributed by atoms with Crippen molar-refractivity contribution < 1.29 is 23.6 Å². The smallest absolute Gasteiger partial charge is 0.379 e. The molecule has 4 heteroatoms. The van der Waals surface area contributed by atoms with Gasteiger partial charge in [-0.3, -0.25) is 0 Å². The van der Waals surface area contributed by atoms with Gasteiger partial charge in [-0.25, -0.2) is 0 Å². The molecular formula is C7H16LiNOSi. The van der Waals surface area contributed by atoms with E-state index in [0.29, 0.717) is 0 Å². The van der Waals surface area contributed by atoms with Crippen molar-refractivity contribution in [1.82, 2.24) is 4.57 Å². The summed E-state index contributed by atoms with van der Waals surface area (Å²) in [5.74, 6) is 0. The Morgan fingerprint density at radius 2 is 1.73 bits per heavy atom. The Kier molecular flexibility index (Phi) is 5.00. The molecule has 0 amide bonds. The second-order valence-electron chi connectivity index (χ2n) is 3.41. The van der Waals surface area contributed by atoms with Crippen LogP contribution in [0.25, 0.3) is 0 Å². The summed E-state index contributed by atoms with van der Waals surface area (Å²) in [7, 11) is -1.25. The largest absolute Gasteiger partial charge is 1.00 e. The van der Waals surface area contributed by atoms with Gasteiger partial charge >= 0.3 is 18.9 Å². The minimum atomic E-state index is -1.25. The Balaban J connectivity index is 0.000001000. The molecule has 0 aromatic heterocycles. The van der Waals surface area contributed by atoms with Crippen LogP contribution in [0.3, 0.4) is 0 Å². The molecule has 60 valence electrons. The Bertz CT molecular complexity index is 109. The molecule has 0 aliphatic carbocycles. The average molecular weight is 165 g/mol. The molecule has 11 heavy (non-hydrogen) atoms. The maximum atomic E-state index is 5.25. The van der Waals surface area contributed by atoms with Crippen molar-refractivity contribution in [2.45, 2.75) is 13.1 Å². The standard InChI is InChI=1S/C7H16NOSi.Li/c1-10(2,3)8-4-6-9-7-5-8;/h1,4-7H2,2-3H3;/q-1;+1. The first kappa shape index (κ1) is 11.7. The third-order valence-corrected chi connectivity index (χ3v) is 4.03. The molecule has 0 bridgehead atoms. The van der Waals surface area contributed by atoms with E-state index in [9.17, 15) is 0 Å². The quantitative estimate of drug-likeness (QED) is 0.326. The maximum Gasteiger partial charge on any atom is 1.00 e. The molecule has 1 rings (SSSR count). The molecule has 2 nitrogen and oxygen atoms in total. The fourth-order valence-electron chi connectivity index (χ4n) is 1.17. The molecule has 1 saturated heterocycles. The second kappa shape index (κ2) is 4.69. The molecule has 0 unspecified atom stereocenters. The second-order valence-corrected chi connectivity index (χ2v) is 7.67. The maximum absolute atomic E-state index is 5.25. The topological polar surface area (TPSA) is 12.5 Å². The molecule has 1 fully saturated rings. The number of nitrogens with zero attached hydrogens (tertiary/aromatic N) is 1. The van der Waals surface area contributed by atoms with E-state index < -0.39 is 8.24 Å². The molecule has 0 radical (unpaired) electrons. The summed E-state index contributed by atoms with van der Waals surface area (Å²) in [6, 6.07) is 0. The van der Waals surface area contributed by atoms with Gasteiger partial charge in [0.15, 0.2) is 0 Å². The van der Waals surface area contributed by atoms with Gasteiger partial charge in [0, 0.05) is 13.1 Å². The summed E-state index contributed by atoms with van der Waals surface area (Å²) >= 11 is 0. The number of rotatable bonds is 1. The van der Waals surface area contributed by atoms with E-state index in [4.69, 9.17) is 4.74 Å². The minimum absolute atomic E-state index is 0. The third kappa shape index (κ3) is 3.77. The molecule has 0 saturated carbocycles. The van der Waals surface area contributed by atoms with Crippen molar-refractivity contribution in [3.05, 3.63) is 6.55 Å².